The average Bonchev–Trinajstić information content (AvgIpc) is 2.36. The second kappa shape index (κ2) is 6.79. The van der Waals surface area contributed by atoms with Gasteiger partial charge in [0.05, 0.1) is 4.47 Å². The number of nitrogens with one attached hydrogen (secondary N) is 1. The molecule has 17 heavy (non-hydrogen) atoms. The number of halogens is 1. The molecule has 0 saturated heterocycles. The third-order valence-corrected chi connectivity index (χ3v) is 3.40. The first-order valence-corrected chi connectivity index (χ1v) is 6.88. The van der Waals surface area contributed by atoms with Gasteiger partial charge >= 0.3 is 0 Å². The van der Waals surface area contributed by atoms with Gasteiger partial charge in [-0.15, -0.1) is 0 Å². The van der Waals surface area contributed by atoms with Gasteiger partial charge in [0.25, 0.3) is 0 Å². The molecule has 0 aliphatic rings. The molecule has 1 aromatic rings. The average molecular weight is 301 g/mol. The Labute approximate surface area is 112 Å². The van der Waals surface area contributed by atoms with Crippen LogP contribution in [0.3, 0.4) is 0 Å². The van der Waals surface area contributed by atoms with E-state index in [1.165, 1.54) is 0 Å². The van der Waals surface area contributed by atoms with E-state index in [1.807, 2.05) is 0 Å². The van der Waals surface area contributed by atoms with Crippen molar-refractivity contribution in [3.63, 3.8) is 0 Å². The minimum Gasteiger partial charge on any atom is -0.356 e. The third kappa shape index (κ3) is 3.84. The van der Waals surface area contributed by atoms with E-state index in [0.717, 1.165) is 29.7 Å². The Morgan fingerprint density at radius 2 is 2.18 bits per heavy atom. The molecule has 0 fully saturated rings. The van der Waals surface area contributed by atoms with Crippen molar-refractivity contribution < 1.29 is 0 Å². The predicted octanol–water partition coefficient (Wildman–Crippen LogP) is 3.30. The zero-order valence-electron chi connectivity index (χ0n) is 11.0. The topological polar surface area (TPSA) is 41.1 Å². The Balaban J connectivity index is 2.89. The molecule has 0 spiro atoms. The van der Waals surface area contributed by atoms with Crippen LogP contribution in [0.4, 0.5) is 11.8 Å². The van der Waals surface area contributed by atoms with Crippen LogP contribution in [0.1, 0.15) is 33.6 Å². The van der Waals surface area contributed by atoms with E-state index in [9.17, 15) is 0 Å². The SMILES string of the molecule is CCCNc1ncc(Br)c(N(C)C(C)CC)n1. The van der Waals surface area contributed by atoms with Gasteiger partial charge in [0, 0.05) is 25.8 Å². The van der Waals surface area contributed by atoms with Gasteiger partial charge in [-0.25, -0.2) is 4.98 Å². The van der Waals surface area contributed by atoms with Gasteiger partial charge in [0.15, 0.2) is 0 Å². The van der Waals surface area contributed by atoms with Gasteiger partial charge < -0.3 is 10.2 Å². The largest absolute Gasteiger partial charge is 0.356 e. The molecule has 0 bridgehead atoms. The van der Waals surface area contributed by atoms with Crippen molar-refractivity contribution in [1.29, 1.82) is 0 Å². The molecule has 0 amide bonds. The van der Waals surface area contributed by atoms with Crippen LogP contribution >= 0.6 is 15.9 Å². The van der Waals surface area contributed by atoms with Gasteiger partial charge in [-0.2, -0.15) is 4.98 Å². The lowest BCUT2D eigenvalue weighted by Crippen LogP contribution is -2.29. The van der Waals surface area contributed by atoms with E-state index in [0.29, 0.717) is 12.0 Å². The van der Waals surface area contributed by atoms with Crippen LogP contribution in [0.2, 0.25) is 0 Å². The first kappa shape index (κ1) is 14.2. The summed E-state index contributed by atoms with van der Waals surface area (Å²) < 4.78 is 0.933. The molecule has 0 saturated carbocycles. The molecule has 0 aliphatic heterocycles. The molecular formula is C12H21BrN4. The highest BCUT2D eigenvalue weighted by Gasteiger charge is 2.13. The van der Waals surface area contributed by atoms with Crippen LogP contribution in [0.5, 0.6) is 0 Å². The number of hydrogen-bond donors (Lipinski definition) is 1. The minimum absolute atomic E-state index is 0.459. The third-order valence-electron chi connectivity index (χ3n) is 2.84. The van der Waals surface area contributed by atoms with Crippen molar-refractivity contribution >= 4 is 27.7 Å². The second-order valence-corrected chi connectivity index (χ2v) is 5.01. The number of aromatic nitrogens is 2. The molecule has 0 radical (unpaired) electrons. The zero-order valence-corrected chi connectivity index (χ0v) is 12.6. The Morgan fingerprint density at radius 3 is 2.76 bits per heavy atom. The van der Waals surface area contributed by atoms with Crippen molar-refractivity contribution in [3.05, 3.63) is 10.7 Å². The Hall–Kier alpha value is -0.840. The quantitative estimate of drug-likeness (QED) is 0.875. The van der Waals surface area contributed by atoms with Crippen molar-refractivity contribution in [2.45, 2.75) is 39.7 Å². The summed E-state index contributed by atoms with van der Waals surface area (Å²) in [4.78, 5) is 11.0. The molecule has 1 rings (SSSR count). The van der Waals surface area contributed by atoms with Gasteiger partial charge in [0.2, 0.25) is 5.95 Å². The lowest BCUT2D eigenvalue weighted by molar-refractivity contribution is 0.655. The summed E-state index contributed by atoms with van der Waals surface area (Å²) in [5, 5.41) is 3.20. The first-order chi connectivity index (χ1) is 8.10. The van der Waals surface area contributed by atoms with E-state index in [4.69, 9.17) is 0 Å². The van der Waals surface area contributed by atoms with Gasteiger partial charge in [-0.3, -0.25) is 0 Å². The molecule has 0 aliphatic carbocycles. The fraction of sp³-hybridized carbons (Fsp3) is 0.667. The molecule has 1 atom stereocenters. The maximum atomic E-state index is 4.54. The van der Waals surface area contributed by atoms with E-state index in [-0.39, 0.29) is 0 Å². The summed E-state index contributed by atoms with van der Waals surface area (Å²) in [5.41, 5.74) is 0. The van der Waals surface area contributed by atoms with Crippen molar-refractivity contribution in [2.75, 3.05) is 23.8 Å². The summed E-state index contributed by atoms with van der Waals surface area (Å²) in [6.07, 6.45) is 3.96. The monoisotopic (exact) mass is 300 g/mol. The van der Waals surface area contributed by atoms with Gasteiger partial charge in [0.1, 0.15) is 5.82 Å². The fourth-order valence-electron chi connectivity index (χ4n) is 1.41. The Morgan fingerprint density at radius 1 is 1.47 bits per heavy atom. The summed E-state index contributed by atoms with van der Waals surface area (Å²) in [6.45, 7) is 7.38. The number of hydrogen-bond acceptors (Lipinski definition) is 4. The first-order valence-electron chi connectivity index (χ1n) is 6.09. The number of rotatable bonds is 6. The molecular weight excluding hydrogens is 280 g/mol. The molecule has 1 heterocycles. The smallest absolute Gasteiger partial charge is 0.224 e. The molecule has 0 aromatic carbocycles. The molecule has 1 unspecified atom stereocenters. The van der Waals surface area contributed by atoms with E-state index in [1.54, 1.807) is 6.20 Å². The maximum absolute atomic E-state index is 4.54. The van der Waals surface area contributed by atoms with Crippen LogP contribution in [0, 0.1) is 0 Å². The van der Waals surface area contributed by atoms with Crippen LogP contribution < -0.4 is 10.2 Å². The maximum Gasteiger partial charge on any atom is 0.224 e. The second-order valence-electron chi connectivity index (χ2n) is 4.16. The predicted molar refractivity (Wildman–Crippen MR) is 76.7 cm³/mol. The summed E-state index contributed by atoms with van der Waals surface area (Å²) in [7, 11) is 2.06. The molecule has 5 heteroatoms. The van der Waals surface area contributed by atoms with Gasteiger partial charge in [-0.1, -0.05) is 13.8 Å². The molecule has 1 aromatic heterocycles. The molecule has 4 nitrogen and oxygen atoms in total. The van der Waals surface area contributed by atoms with Gasteiger partial charge in [-0.05, 0) is 35.7 Å². The van der Waals surface area contributed by atoms with Crippen LogP contribution in [-0.2, 0) is 0 Å². The lowest BCUT2D eigenvalue weighted by Gasteiger charge is -2.26. The highest BCUT2D eigenvalue weighted by atomic mass is 79.9. The Kier molecular flexibility index (Phi) is 5.68. The van der Waals surface area contributed by atoms with E-state index in [2.05, 4.69) is 63.9 Å². The molecule has 1 N–H and O–H groups in total. The number of anilines is 2. The Bertz CT molecular complexity index is 356. The summed E-state index contributed by atoms with van der Waals surface area (Å²) in [5.74, 6) is 1.63. The van der Waals surface area contributed by atoms with Crippen LogP contribution in [0.25, 0.3) is 0 Å². The number of nitrogens with zero attached hydrogens (tertiary/aromatic N) is 3. The van der Waals surface area contributed by atoms with Crippen molar-refractivity contribution in [1.82, 2.24) is 9.97 Å². The van der Waals surface area contributed by atoms with Crippen molar-refractivity contribution in [2.24, 2.45) is 0 Å². The standard InChI is InChI=1S/C12H21BrN4/c1-5-7-14-12-15-8-10(13)11(16-12)17(4)9(3)6-2/h8-9H,5-7H2,1-4H3,(H,14,15,16). The van der Waals surface area contributed by atoms with E-state index < -0.39 is 0 Å². The lowest BCUT2D eigenvalue weighted by atomic mass is 10.2. The van der Waals surface area contributed by atoms with Crippen molar-refractivity contribution in [3.8, 4) is 0 Å². The summed E-state index contributed by atoms with van der Waals surface area (Å²) >= 11 is 3.50. The van der Waals surface area contributed by atoms with Crippen LogP contribution in [0.15, 0.2) is 10.7 Å². The normalized spacial score (nSPS) is 12.3. The molecule has 96 valence electrons. The summed E-state index contributed by atoms with van der Waals surface area (Å²) in [6, 6.07) is 0.459. The highest BCUT2D eigenvalue weighted by Crippen LogP contribution is 2.25. The van der Waals surface area contributed by atoms with E-state index >= 15 is 0 Å². The highest BCUT2D eigenvalue weighted by molar-refractivity contribution is 9.10. The zero-order chi connectivity index (χ0) is 12.8. The van der Waals surface area contributed by atoms with Crippen LogP contribution in [-0.4, -0.2) is 29.6 Å². The minimum atomic E-state index is 0.459. The fourth-order valence-corrected chi connectivity index (χ4v) is 1.88.